The smallest absolute Gasteiger partial charge is 0.423 e. The molecule has 1 aromatic rings. The first-order chi connectivity index (χ1) is 8.53. The highest BCUT2D eigenvalue weighted by Crippen LogP contribution is 2.18. The molecule has 2 N–H and O–H groups in total. The first kappa shape index (κ1) is 13.9. The Labute approximate surface area is 111 Å². The Morgan fingerprint density at radius 3 is 2.39 bits per heavy atom. The summed E-state index contributed by atoms with van der Waals surface area (Å²) in [7, 11) is -5.42. The number of hydrogen-bond donors (Lipinski definition) is 2. The molecule has 1 saturated heterocycles. The third kappa shape index (κ3) is 2.72. The van der Waals surface area contributed by atoms with Crippen LogP contribution >= 0.6 is 11.8 Å². The highest BCUT2D eigenvalue weighted by molar-refractivity contribution is 7.99. The van der Waals surface area contributed by atoms with Crippen LogP contribution < -0.4 is 5.46 Å². The van der Waals surface area contributed by atoms with Crippen molar-refractivity contribution in [2.45, 2.75) is 4.90 Å². The molecule has 2 rings (SSSR count). The molecular weight excluding hydrogens is 273 g/mol. The van der Waals surface area contributed by atoms with Gasteiger partial charge in [0.05, 0.1) is 4.90 Å². The number of nitrogens with zero attached hydrogens (tertiary/aromatic N) is 1. The maximum atomic E-state index is 12.4. The Morgan fingerprint density at radius 1 is 1.17 bits per heavy atom. The van der Waals surface area contributed by atoms with Crippen molar-refractivity contribution in [1.82, 2.24) is 4.31 Å². The summed E-state index contributed by atoms with van der Waals surface area (Å²) in [6.45, 7) is 0.922. The quantitative estimate of drug-likeness (QED) is 0.705. The van der Waals surface area contributed by atoms with E-state index in [2.05, 4.69) is 0 Å². The van der Waals surface area contributed by atoms with E-state index in [1.165, 1.54) is 16.4 Å². The summed E-state index contributed by atoms with van der Waals surface area (Å²) in [5.74, 6) is 1.53. The van der Waals surface area contributed by atoms with Crippen molar-refractivity contribution in [3.63, 3.8) is 0 Å². The fourth-order valence-electron chi connectivity index (χ4n) is 1.85. The normalized spacial score (nSPS) is 17.7. The Morgan fingerprint density at radius 2 is 1.78 bits per heavy atom. The lowest BCUT2D eigenvalue weighted by molar-refractivity contribution is 0.422. The molecule has 1 heterocycles. The predicted molar refractivity (Wildman–Crippen MR) is 72.4 cm³/mol. The van der Waals surface area contributed by atoms with Crippen molar-refractivity contribution < 1.29 is 18.5 Å². The molecule has 0 amide bonds. The summed E-state index contributed by atoms with van der Waals surface area (Å²) in [5, 5.41) is 18.5. The van der Waals surface area contributed by atoms with E-state index >= 15 is 0 Å². The number of rotatable bonds is 3. The summed E-state index contributed by atoms with van der Waals surface area (Å²) >= 11 is 1.72. The average molecular weight is 287 g/mol. The van der Waals surface area contributed by atoms with Crippen molar-refractivity contribution in [3.8, 4) is 0 Å². The lowest BCUT2D eigenvalue weighted by atomic mass is 9.80. The molecule has 1 aliphatic heterocycles. The molecular formula is C10H14BNO4S2. The van der Waals surface area contributed by atoms with E-state index in [1.54, 1.807) is 23.9 Å². The van der Waals surface area contributed by atoms with Gasteiger partial charge in [0, 0.05) is 30.1 Å². The van der Waals surface area contributed by atoms with Gasteiger partial charge in [0.2, 0.25) is 10.0 Å². The second-order valence-corrected chi connectivity index (χ2v) is 7.06. The Kier molecular flexibility index (Phi) is 4.34. The van der Waals surface area contributed by atoms with Crippen molar-refractivity contribution in [2.24, 2.45) is 0 Å². The van der Waals surface area contributed by atoms with Crippen molar-refractivity contribution in [3.05, 3.63) is 24.3 Å². The maximum Gasteiger partial charge on any atom is 0.489 e. The van der Waals surface area contributed by atoms with Gasteiger partial charge in [0.15, 0.2) is 0 Å². The van der Waals surface area contributed by atoms with Gasteiger partial charge in [-0.05, 0) is 6.07 Å². The van der Waals surface area contributed by atoms with E-state index < -0.39 is 17.1 Å². The molecule has 18 heavy (non-hydrogen) atoms. The Balaban J connectivity index is 2.40. The van der Waals surface area contributed by atoms with E-state index in [0.29, 0.717) is 13.1 Å². The van der Waals surface area contributed by atoms with Crippen LogP contribution in [0.2, 0.25) is 0 Å². The van der Waals surface area contributed by atoms with Crippen LogP contribution in [-0.2, 0) is 10.0 Å². The molecule has 98 valence electrons. The van der Waals surface area contributed by atoms with Crippen LogP contribution in [0.15, 0.2) is 29.2 Å². The topological polar surface area (TPSA) is 77.8 Å². The zero-order valence-electron chi connectivity index (χ0n) is 9.69. The van der Waals surface area contributed by atoms with E-state index in [0.717, 1.165) is 11.5 Å². The molecule has 0 aliphatic carbocycles. The van der Waals surface area contributed by atoms with Crippen molar-refractivity contribution in [2.75, 3.05) is 24.6 Å². The highest BCUT2D eigenvalue weighted by atomic mass is 32.2. The first-order valence-electron chi connectivity index (χ1n) is 5.56. The number of benzene rings is 1. The van der Waals surface area contributed by atoms with Gasteiger partial charge in [-0.3, -0.25) is 0 Å². The van der Waals surface area contributed by atoms with Gasteiger partial charge in [-0.25, -0.2) is 8.42 Å². The van der Waals surface area contributed by atoms with Crippen LogP contribution in [0.3, 0.4) is 0 Å². The van der Waals surface area contributed by atoms with Crippen LogP contribution in [0.4, 0.5) is 0 Å². The van der Waals surface area contributed by atoms with Gasteiger partial charge in [0.1, 0.15) is 0 Å². The molecule has 8 heteroatoms. The Bertz CT molecular complexity index is 514. The number of hydrogen-bond acceptors (Lipinski definition) is 5. The summed E-state index contributed by atoms with van der Waals surface area (Å²) in [6, 6.07) is 5.99. The van der Waals surface area contributed by atoms with E-state index in [1.807, 2.05) is 0 Å². The van der Waals surface area contributed by atoms with E-state index in [4.69, 9.17) is 0 Å². The van der Waals surface area contributed by atoms with E-state index in [-0.39, 0.29) is 10.4 Å². The molecule has 1 aliphatic rings. The summed E-state index contributed by atoms with van der Waals surface area (Å²) in [6.07, 6.45) is 0. The molecule has 1 fully saturated rings. The van der Waals surface area contributed by atoms with Crippen LogP contribution in [0.5, 0.6) is 0 Å². The van der Waals surface area contributed by atoms with Crippen molar-refractivity contribution >= 4 is 34.4 Å². The SMILES string of the molecule is O=S(=O)(c1ccccc1B(O)O)N1CCSCC1. The van der Waals surface area contributed by atoms with Gasteiger partial charge >= 0.3 is 7.12 Å². The van der Waals surface area contributed by atoms with Gasteiger partial charge in [-0.1, -0.05) is 18.2 Å². The molecule has 0 saturated carbocycles. The molecule has 0 radical (unpaired) electrons. The average Bonchev–Trinajstić information content (AvgIpc) is 2.39. The zero-order valence-corrected chi connectivity index (χ0v) is 11.3. The van der Waals surface area contributed by atoms with Crippen LogP contribution in [0.1, 0.15) is 0 Å². The minimum absolute atomic E-state index is 0.0214. The minimum atomic E-state index is -3.64. The standard InChI is InChI=1S/C10H14BNO4S2/c13-11(14)9-3-1-2-4-10(9)18(15,16)12-5-7-17-8-6-12/h1-4,13-14H,5-8H2. The monoisotopic (exact) mass is 287 g/mol. The highest BCUT2D eigenvalue weighted by Gasteiger charge is 2.30. The summed E-state index contributed by atoms with van der Waals surface area (Å²) in [4.78, 5) is -0.0214. The minimum Gasteiger partial charge on any atom is -0.423 e. The molecule has 0 bridgehead atoms. The molecule has 0 aromatic heterocycles. The van der Waals surface area contributed by atoms with Gasteiger partial charge in [-0.15, -0.1) is 0 Å². The molecule has 0 unspecified atom stereocenters. The predicted octanol–water partition coefficient (Wildman–Crippen LogP) is -0.896. The number of sulfonamides is 1. The summed E-state index contributed by atoms with van der Waals surface area (Å²) in [5.41, 5.74) is 0.0238. The van der Waals surface area contributed by atoms with Crippen LogP contribution in [0, 0.1) is 0 Å². The molecule has 5 nitrogen and oxygen atoms in total. The summed E-state index contributed by atoms with van der Waals surface area (Å²) < 4.78 is 26.2. The van der Waals surface area contributed by atoms with E-state index in [9.17, 15) is 18.5 Å². The lowest BCUT2D eigenvalue weighted by Gasteiger charge is -2.26. The largest absolute Gasteiger partial charge is 0.489 e. The van der Waals surface area contributed by atoms with Crippen molar-refractivity contribution in [1.29, 1.82) is 0 Å². The lowest BCUT2D eigenvalue weighted by Crippen LogP contribution is -2.42. The van der Waals surface area contributed by atoms with Gasteiger partial charge in [-0.2, -0.15) is 16.1 Å². The van der Waals surface area contributed by atoms with Crippen LogP contribution in [-0.4, -0.2) is 54.5 Å². The molecule has 0 spiro atoms. The van der Waals surface area contributed by atoms with Gasteiger partial charge < -0.3 is 10.0 Å². The maximum absolute atomic E-state index is 12.4. The fraction of sp³-hybridized carbons (Fsp3) is 0.400. The Hall–Kier alpha value is -0.535. The third-order valence-corrected chi connectivity index (χ3v) is 5.70. The molecule has 1 aromatic carbocycles. The van der Waals surface area contributed by atoms with Crippen LogP contribution in [0.25, 0.3) is 0 Å². The third-order valence-electron chi connectivity index (χ3n) is 2.79. The fourth-order valence-corrected chi connectivity index (χ4v) is 4.65. The molecule has 0 atom stereocenters. The second-order valence-electron chi connectivity index (χ2n) is 3.93. The number of thioether (sulfide) groups is 1. The van der Waals surface area contributed by atoms with Gasteiger partial charge in [0.25, 0.3) is 0 Å². The zero-order chi connectivity index (χ0) is 13.2. The second kappa shape index (κ2) is 5.62. The first-order valence-corrected chi connectivity index (χ1v) is 8.16.